The monoisotopic (exact) mass is 587 g/mol. The van der Waals surface area contributed by atoms with E-state index in [1.54, 1.807) is 26.0 Å². The maximum Gasteiger partial charge on any atom is 0.416 e. The zero-order valence-corrected chi connectivity index (χ0v) is 22.3. The first-order valence-corrected chi connectivity index (χ1v) is 12.7. The highest BCUT2D eigenvalue weighted by molar-refractivity contribution is 5.93. The molecule has 41 heavy (non-hydrogen) atoms. The lowest BCUT2D eigenvalue weighted by Crippen LogP contribution is -2.47. The molecule has 0 saturated carbocycles. The molecule has 0 fully saturated rings. The summed E-state index contributed by atoms with van der Waals surface area (Å²) >= 11 is 0. The fraction of sp³-hybridized carbons (Fsp3) is 0.444. The van der Waals surface area contributed by atoms with Crippen LogP contribution in [0.3, 0.4) is 0 Å². The quantitative estimate of drug-likeness (QED) is 0.303. The molecule has 2 unspecified atom stereocenters. The molecule has 0 aromatic heterocycles. The number of carbonyl (C=O) groups excluding carboxylic acids is 3. The van der Waals surface area contributed by atoms with Crippen molar-refractivity contribution in [2.45, 2.75) is 57.7 Å². The fourth-order valence-corrected chi connectivity index (χ4v) is 5.34. The van der Waals surface area contributed by atoms with E-state index in [-0.39, 0.29) is 19.1 Å². The van der Waals surface area contributed by atoms with E-state index in [1.807, 2.05) is 0 Å². The summed E-state index contributed by atoms with van der Waals surface area (Å²) in [4.78, 5) is 41.5. The third kappa shape index (κ3) is 5.91. The SMILES string of the molecule is CCOC(=O)N1c2cc3c(cc2C(N(Cc2cc(C(F)(F)F)cc(C(F)(F)F)c2)C(=O)OC)CC1C)CCN3C=O. The van der Waals surface area contributed by atoms with Crippen LogP contribution in [0.25, 0.3) is 0 Å². The Morgan fingerprint density at radius 1 is 1.02 bits per heavy atom. The van der Waals surface area contributed by atoms with Crippen LogP contribution in [0.2, 0.25) is 0 Å². The van der Waals surface area contributed by atoms with Crippen LogP contribution in [0.15, 0.2) is 30.3 Å². The third-order valence-electron chi connectivity index (χ3n) is 7.16. The van der Waals surface area contributed by atoms with Crippen molar-refractivity contribution in [3.8, 4) is 0 Å². The molecule has 0 spiro atoms. The molecule has 3 amide bonds. The van der Waals surface area contributed by atoms with Gasteiger partial charge in [-0.1, -0.05) is 0 Å². The highest BCUT2D eigenvalue weighted by Crippen LogP contribution is 2.46. The molecule has 0 N–H and O–H groups in total. The second-order valence-corrected chi connectivity index (χ2v) is 9.77. The van der Waals surface area contributed by atoms with Gasteiger partial charge in [0, 0.05) is 24.8 Å². The molecule has 2 atom stereocenters. The summed E-state index contributed by atoms with van der Waals surface area (Å²) in [5.41, 5.74) is -1.45. The maximum absolute atomic E-state index is 13.5. The number of halogens is 6. The predicted octanol–water partition coefficient (Wildman–Crippen LogP) is 6.31. The summed E-state index contributed by atoms with van der Waals surface area (Å²) < 4.78 is 91.2. The van der Waals surface area contributed by atoms with Gasteiger partial charge in [-0.25, -0.2) is 9.59 Å². The average molecular weight is 588 g/mol. The highest BCUT2D eigenvalue weighted by Gasteiger charge is 2.42. The largest absolute Gasteiger partial charge is 0.453 e. The van der Waals surface area contributed by atoms with Crippen LogP contribution in [-0.4, -0.2) is 49.8 Å². The lowest BCUT2D eigenvalue weighted by Gasteiger charge is -2.43. The summed E-state index contributed by atoms with van der Waals surface area (Å²) in [6.07, 6.45) is -10.6. The van der Waals surface area contributed by atoms with E-state index < -0.39 is 59.9 Å². The molecule has 2 heterocycles. The van der Waals surface area contributed by atoms with Crippen molar-refractivity contribution in [3.63, 3.8) is 0 Å². The van der Waals surface area contributed by atoms with Crippen LogP contribution in [0.5, 0.6) is 0 Å². The van der Waals surface area contributed by atoms with Gasteiger partial charge in [0.1, 0.15) is 0 Å². The molecule has 0 aliphatic carbocycles. The molecule has 8 nitrogen and oxygen atoms in total. The van der Waals surface area contributed by atoms with Crippen molar-refractivity contribution in [2.24, 2.45) is 0 Å². The van der Waals surface area contributed by atoms with Gasteiger partial charge in [0.05, 0.1) is 36.6 Å². The molecule has 2 aromatic rings. The first-order chi connectivity index (χ1) is 19.2. The van der Waals surface area contributed by atoms with E-state index in [1.165, 1.54) is 9.80 Å². The smallest absolute Gasteiger partial charge is 0.416 e. The number of fused-ring (bicyclic) bond motifs is 2. The molecule has 14 heteroatoms. The van der Waals surface area contributed by atoms with Gasteiger partial charge in [-0.3, -0.25) is 14.6 Å². The number of hydrogen-bond donors (Lipinski definition) is 0. The van der Waals surface area contributed by atoms with Crippen molar-refractivity contribution >= 4 is 30.0 Å². The average Bonchev–Trinajstić information content (AvgIpc) is 3.30. The standard InChI is InChI=1S/C27H27F6N3O5/c1-4-41-25(39)36-15(2)7-22(20-10-17-5-6-34(14-37)21(17)12-23(20)36)35(24(38)40-3)13-16-8-18(26(28,29)30)11-19(9-16)27(31,32)33/h8-12,14-15,22H,4-7,13H2,1-3H3. The van der Waals surface area contributed by atoms with Gasteiger partial charge >= 0.3 is 24.5 Å². The molecular weight excluding hydrogens is 560 g/mol. The summed E-state index contributed by atoms with van der Waals surface area (Å²) in [5.74, 6) is 0. The van der Waals surface area contributed by atoms with Gasteiger partial charge in [0.15, 0.2) is 0 Å². The molecule has 222 valence electrons. The summed E-state index contributed by atoms with van der Waals surface area (Å²) in [7, 11) is 1.05. The van der Waals surface area contributed by atoms with Gasteiger partial charge < -0.3 is 14.4 Å². The zero-order chi connectivity index (χ0) is 30.3. The molecule has 0 bridgehead atoms. The molecule has 2 aromatic carbocycles. The Morgan fingerprint density at radius 3 is 2.20 bits per heavy atom. The minimum Gasteiger partial charge on any atom is -0.453 e. The first kappa shape index (κ1) is 30.0. The Balaban J connectivity index is 1.86. The minimum absolute atomic E-state index is 0.0171. The van der Waals surface area contributed by atoms with Gasteiger partial charge in [0.25, 0.3) is 0 Å². The molecule has 0 radical (unpaired) electrons. The molecule has 0 saturated heterocycles. The number of alkyl halides is 6. The van der Waals surface area contributed by atoms with Crippen LogP contribution in [0.1, 0.15) is 54.1 Å². The van der Waals surface area contributed by atoms with E-state index in [0.717, 1.165) is 17.6 Å². The lowest BCUT2D eigenvalue weighted by molar-refractivity contribution is -0.143. The topological polar surface area (TPSA) is 79.4 Å². The third-order valence-corrected chi connectivity index (χ3v) is 7.16. The Kier molecular flexibility index (Phi) is 8.14. The summed E-state index contributed by atoms with van der Waals surface area (Å²) in [6.45, 7) is 3.08. The van der Waals surface area contributed by atoms with Crippen LogP contribution in [0, 0.1) is 0 Å². The van der Waals surface area contributed by atoms with Gasteiger partial charge in [0.2, 0.25) is 6.41 Å². The Hall–Kier alpha value is -3.97. The number of methoxy groups -OCH3 is 1. The summed E-state index contributed by atoms with van der Waals surface area (Å²) in [5, 5.41) is 0. The van der Waals surface area contributed by atoms with Crippen LogP contribution in [0.4, 0.5) is 47.3 Å². The van der Waals surface area contributed by atoms with Gasteiger partial charge in [-0.2, -0.15) is 26.3 Å². The van der Waals surface area contributed by atoms with Gasteiger partial charge in [-0.05, 0) is 73.7 Å². The van der Waals surface area contributed by atoms with Crippen LogP contribution in [-0.2, 0) is 39.6 Å². The molecule has 4 rings (SSSR count). The van der Waals surface area contributed by atoms with E-state index in [2.05, 4.69) is 0 Å². The van der Waals surface area contributed by atoms with E-state index in [0.29, 0.717) is 48.4 Å². The number of nitrogens with zero attached hydrogens (tertiary/aromatic N) is 3. The Morgan fingerprint density at radius 2 is 1.66 bits per heavy atom. The zero-order valence-electron chi connectivity index (χ0n) is 22.3. The lowest BCUT2D eigenvalue weighted by atomic mass is 9.88. The van der Waals surface area contributed by atoms with Crippen LogP contribution >= 0.6 is 0 Å². The number of rotatable bonds is 5. The van der Waals surface area contributed by atoms with Gasteiger partial charge in [-0.15, -0.1) is 0 Å². The number of ether oxygens (including phenoxy) is 2. The fourth-order valence-electron chi connectivity index (χ4n) is 5.34. The molecular formula is C27H27F6N3O5. The van der Waals surface area contributed by atoms with Crippen LogP contribution < -0.4 is 9.80 Å². The van der Waals surface area contributed by atoms with Crippen molar-refractivity contribution in [1.82, 2.24) is 4.90 Å². The Labute approximate surface area is 231 Å². The van der Waals surface area contributed by atoms with E-state index in [4.69, 9.17) is 9.47 Å². The minimum atomic E-state index is -5.07. The molecule has 2 aliphatic heterocycles. The second-order valence-electron chi connectivity index (χ2n) is 9.77. The van der Waals surface area contributed by atoms with Crippen molar-refractivity contribution in [2.75, 3.05) is 30.1 Å². The number of amides is 3. The predicted molar refractivity (Wildman–Crippen MR) is 134 cm³/mol. The number of anilines is 2. The normalized spacial score (nSPS) is 18.5. The summed E-state index contributed by atoms with van der Waals surface area (Å²) in [6, 6.07) is 2.92. The second kappa shape index (κ2) is 11.1. The maximum atomic E-state index is 13.5. The van der Waals surface area contributed by atoms with Crippen molar-refractivity contribution in [1.29, 1.82) is 0 Å². The van der Waals surface area contributed by atoms with Crippen molar-refractivity contribution < 1.29 is 50.2 Å². The first-order valence-electron chi connectivity index (χ1n) is 12.7. The highest BCUT2D eigenvalue weighted by atomic mass is 19.4. The Bertz CT molecular complexity index is 1310. The number of benzene rings is 2. The van der Waals surface area contributed by atoms with Crippen molar-refractivity contribution in [3.05, 3.63) is 58.1 Å². The van der Waals surface area contributed by atoms with E-state index in [9.17, 15) is 40.7 Å². The molecule has 2 aliphatic rings. The number of hydrogen-bond acceptors (Lipinski definition) is 5. The van der Waals surface area contributed by atoms with E-state index >= 15 is 0 Å². The number of carbonyl (C=O) groups is 3.